The van der Waals surface area contributed by atoms with Crippen molar-refractivity contribution in [3.8, 4) is 0 Å². The summed E-state index contributed by atoms with van der Waals surface area (Å²) in [4.78, 5) is 11.1. The van der Waals surface area contributed by atoms with Gasteiger partial charge in [-0.2, -0.15) is 0 Å². The first-order chi connectivity index (χ1) is 8.02. The lowest BCUT2D eigenvalue weighted by Crippen LogP contribution is -2.33. The highest BCUT2D eigenvalue weighted by Gasteiger charge is 2.03. The molecule has 2 N–H and O–H groups in total. The lowest BCUT2D eigenvalue weighted by Gasteiger charge is -2.10. The summed E-state index contributed by atoms with van der Waals surface area (Å²) in [5, 5.41) is 5.91. The average Bonchev–Trinajstić information content (AvgIpc) is 2.29. The predicted molar refractivity (Wildman–Crippen MR) is 75.2 cm³/mol. The number of amides is 1. The van der Waals surface area contributed by atoms with Crippen molar-refractivity contribution < 1.29 is 4.79 Å². The summed E-state index contributed by atoms with van der Waals surface area (Å²) in [6, 6.07) is 8.02. The van der Waals surface area contributed by atoms with Gasteiger partial charge in [0.1, 0.15) is 0 Å². The number of carbonyl (C=O) groups excluding carboxylic acids is 1. The maximum absolute atomic E-state index is 11.1. The van der Waals surface area contributed by atoms with Crippen LogP contribution in [0.5, 0.6) is 0 Å². The van der Waals surface area contributed by atoms with Crippen LogP contribution in [0.4, 0.5) is 5.69 Å². The number of hydrogen-bond donors (Lipinski definition) is 2. The van der Waals surface area contributed by atoms with E-state index in [1.807, 2.05) is 12.1 Å². The molecule has 1 amide bonds. The first-order valence-corrected chi connectivity index (χ1v) is 6.14. The average molecular weight is 250 g/mol. The van der Waals surface area contributed by atoms with E-state index in [2.05, 4.69) is 36.6 Å². The van der Waals surface area contributed by atoms with Crippen molar-refractivity contribution in [2.45, 2.75) is 33.1 Å². The molecule has 3 nitrogen and oxygen atoms in total. The SMILES string of the molecule is CCC(=O)NC(=S)Nc1ccc(C(C)C)cc1. The van der Waals surface area contributed by atoms with Crippen molar-refractivity contribution in [3.63, 3.8) is 0 Å². The summed E-state index contributed by atoms with van der Waals surface area (Å²) in [5.74, 6) is 0.428. The van der Waals surface area contributed by atoms with Crippen LogP contribution in [0, 0.1) is 0 Å². The Balaban J connectivity index is 2.57. The Morgan fingerprint density at radius 1 is 1.29 bits per heavy atom. The summed E-state index contributed by atoms with van der Waals surface area (Å²) >= 11 is 5.02. The zero-order valence-corrected chi connectivity index (χ0v) is 11.2. The van der Waals surface area contributed by atoms with Gasteiger partial charge in [0.2, 0.25) is 5.91 Å². The quantitative estimate of drug-likeness (QED) is 0.810. The topological polar surface area (TPSA) is 41.1 Å². The summed E-state index contributed by atoms with van der Waals surface area (Å²) in [6.45, 7) is 6.08. The van der Waals surface area contributed by atoms with Crippen LogP contribution >= 0.6 is 12.2 Å². The van der Waals surface area contributed by atoms with E-state index in [9.17, 15) is 4.79 Å². The minimum Gasteiger partial charge on any atom is -0.332 e. The molecule has 0 aliphatic carbocycles. The maximum Gasteiger partial charge on any atom is 0.225 e. The number of thiocarbonyl (C=S) groups is 1. The number of nitrogens with one attached hydrogen (secondary N) is 2. The highest BCUT2D eigenvalue weighted by molar-refractivity contribution is 7.80. The van der Waals surface area contributed by atoms with Crippen LogP contribution in [0.25, 0.3) is 0 Å². The van der Waals surface area contributed by atoms with Gasteiger partial charge in [0.25, 0.3) is 0 Å². The van der Waals surface area contributed by atoms with Crippen molar-refractivity contribution in [1.82, 2.24) is 5.32 Å². The fourth-order valence-corrected chi connectivity index (χ4v) is 1.56. The first-order valence-electron chi connectivity index (χ1n) is 5.73. The van der Waals surface area contributed by atoms with Gasteiger partial charge >= 0.3 is 0 Å². The monoisotopic (exact) mass is 250 g/mol. The molecule has 1 aromatic carbocycles. The molecule has 0 bridgehead atoms. The van der Waals surface area contributed by atoms with E-state index in [1.54, 1.807) is 6.92 Å². The van der Waals surface area contributed by atoms with Crippen LogP contribution in [-0.4, -0.2) is 11.0 Å². The van der Waals surface area contributed by atoms with E-state index in [0.29, 0.717) is 17.5 Å². The van der Waals surface area contributed by atoms with Gasteiger partial charge in [-0.15, -0.1) is 0 Å². The van der Waals surface area contributed by atoms with E-state index in [0.717, 1.165) is 5.69 Å². The van der Waals surface area contributed by atoms with Crippen molar-refractivity contribution in [1.29, 1.82) is 0 Å². The van der Waals surface area contributed by atoms with Gasteiger partial charge in [0, 0.05) is 12.1 Å². The number of carbonyl (C=O) groups is 1. The maximum atomic E-state index is 11.1. The van der Waals surface area contributed by atoms with E-state index in [1.165, 1.54) is 5.56 Å². The summed E-state index contributed by atoms with van der Waals surface area (Å²) in [7, 11) is 0. The van der Waals surface area contributed by atoms with Crippen LogP contribution in [0.15, 0.2) is 24.3 Å². The molecule has 1 rings (SSSR count). The standard InChI is InChI=1S/C13H18N2OS/c1-4-12(16)15-13(17)14-11-7-5-10(6-8-11)9(2)3/h5-9H,4H2,1-3H3,(H2,14,15,16,17). The van der Waals surface area contributed by atoms with Crippen molar-refractivity contribution in [2.24, 2.45) is 0 Å². The van der Waals surface area contributed by atoms with Crippen molar-refractivity contribution in [3.05, 3.63) is 29.8 Å². The molecule has 0 aliphatic rings. The van der Waals surface area contributed by atoms with Gasteiger partial charge in [-0.1, -0.05) is 32.9 Å². The molecule has 4 heteroatoms. The highest BCUT2D eigenvalue weighted by atomic mass is 32.1. The molecule has 0 saturated heterocycles. The lowest BCUT2D eigenvalue weighted by atomic mass is 10.0. The number of hydrogen-bond acceptors (Lipinski definition) is 2. The van der Waals surface area contributed by atoms with E-state index in [4.69, 9.17) is 12.2 Å². The molecule has 0 fully saturated rings. The van der Waals surface area contributed by atoms with E-state index < -0.39 is 0 Å². The van der Waals surface area contributed by atoms with Crippen molar-refractivity contribution in [2.75, 3.05) is 5.32 Å². The summed E-state index contributed by atoms with van der Waals surface area (Å²) < 4.78 is 0. The van der Waals surface area contributed by atoms with Gasteiger partial charge in [0.15, 0.2) is 5.11 Å². The second-order valence-electron chi connectivity index (χ2n) is 4.13. The van der Waals surface area contributed by atoms with Gasteiger partial charge in [-0.05, 0) is 35.8 Å². The van der Waals surface area contributed by atoms with Crippen molar-refractivity contribution >= 4 is 28.9 Å². The lowest BCUT2D eigenvalue weighted by molar-refractivity contribution is -0.119. The third-order valence-electron chi connectivity index (χ3n) is 2.41. The molecule has 17 heavy (non-hydrogen) atoms. The zero-order valence-electron chi connectivity index (χ0n) is 10.4. The van der Waals surface area contributed by atoms with Gasteiger partial charge < -0.3 is 10.6 Å². The molecule has 0 aliphatic heterocycles. The smallest absolute Gasteiger partial charge is 0.225 e. The van der Waals surface area contributed by atoms with E-state index >= 15 is 0 Å². The molecule has 92 valence electrons. The molecule has 0 unspecified atom stereocenters. The Hall–Kier alpha value is -1.42. The Morgan fingerprint density at radius 3 is 2.35 bits per heavy atom. The second kappa shape index (κ2) is 6.35. The molecule has 0 spiro atoms. The molecule has 0 atom stereocenters. The van der Waals surface area contributed by atoms with Crippen LogP contribution in [0.2, 0.25) is 0 Å². The van der Waals surface area contributed by atoms with Crippen LogP contribution < -0.4 is 10.6 Å². The summed E-state index contributed by atoms with van der Waals surface area (Å²) in [5.41, 5.74) is 2.16. The fourth-order valence-electron chi connectivity index (χ4n) is 1.33. The van der Waals surface area contributed by atoms with Crippen LogP contribution in [0.3, 0.4) is 0 Å². The normalized spacial score (nSPS) is 10.1. The molecule has 0 heterocycles. The molecule has 1 aromatic rings. The van der Waals surface area contributed by atoms with E-state index in [-0.39, 0.29) is 5.91 Å². The molecule has 0 aromatic heterocycles. The third-order valence-corrected chi connectivity index (χ3v) is 2.61. The second-order valence-corrected chi connectivity index (χ2v) is 4.54. The minimum absolute atomic E-state index is 0.0821. The number of benzene rings is 1. The zero-order chi connectivity index (χ0) is 12.8. The summed E-state index contributed by atoms with van der Waals surface area (Å²) in [6.07, 6.45) is 0.425. The van der Waals surface area contributed by atoms with Gasteiger partial charge in [-0.25, -0.2) is 0 Å². The highest BCUT2D eigenvalue weighted by Crippen LogP contribution is 2.16. The largest absolute Gasteiger partial charge is 0.332 e. The van der Waals surface area contributed by atoms with Crippen LogP contribution in [-0.2, 0) is 4.79 Å². The Morgan fingerprint density at radius 2 is 1.88 bits per heavy atom. The predicted octanol–water partition coefficient (Wildman–Crippen LogP) is 3.03. The molecular weight excluding hydrogens is 232 g/mol. The van der Waals surface area contributed by atoms with Crippen LogP contribution in [0.1, 0.15) is 38.7 Å². The minimum atomic E-state index is -0.0821. The Kier molecular flexibility index (Phi) is 5.10. The van der Waals surface area contributed by atoms with Gasteiger partial charge in [-0.3, -0.25) is 4.79 Å². The number of rotatable bonds is 3. The molecular formula is C13H18N2OS. The van der Waals surface area contributed by atoms with Gasteiger partial charge in [0.05, 0.1) is 0 Å². The molecule has 0 saturated carbocycles. The fraction of sp³-hybridized carbons (Fsp3) is 0.385. The Bertz CT molecular complexity index is 398. The number of anilines is 1. The molecule has 0 radical (unpaired) electrons. The first kappa shape index (κ1) is 13.6. The Labute approximate surface area is 108 Å². The third kappa shape index (κ3) is 4.53.